The lowest BCUT2D eigenvalue weighted by atomic mass is 9.95. The zero-order chi connectivity index (χ0) is 14.4. The summed E-state index contributed by atoms with van der Waals surface area (Å²) in [5.74, 6) is -0.929. The van der Waals surface area contributed by atoms with Crippen molar-refractivity contribution >= 4 is 5.78 Å². The van der Waals surface area contributed by atoms with Gasteiger partial charge in [0.2, 0.25) is 0 Å². The van der Waals surface area contributed by atoms with Gasteiger partial charge >= 0.3 is 0 Å². The highest BCUT2D eigenvalue weighted by Crippen LogP contribution is 2.20. The number of hydrogen-bond donors (Lipinski definition) is 2. The van der Waals surface area contributed by atoms with E-state index in [2.05, 4.69) is 5.32 Å². The Morgan fingerprint density at radius 1 is 1.30 bits per heavy atom. The molecule has 1 saturated carbocycles. The molecule has 0 amide bonds. The van der Waals surface area contributed by atoms with Crippen molar-refractivity contribution in [3.8, 4) is 5.75 Å². The summed E-state index contributed by atoms with van der Waals surface area (Å²) in [7, 11) is 0. The molecule has 2 rings (SSSR count). The molecule has 4 heteroatoms. The lowest BCUT2D eigenvalue weighted by molar-refractivity contribution is 0.0977. The SMILES string of the molecule is O=C(CCCNC1CCCCC1)c1ccc(F)cc1O. The second-order valence-electron chi connectivity index (χ2n) is 5.48. The van der Waals surface area contributed by atoms with Crippen LogP contribution in [0.5, 0.6) is 5.75 Å². The van der Waals surface area contributed by atoms with E-state index in [4.69, 9.17) is 0 Å². The standard InChI is InChI=1S/C16H22FNO2/c17-12-8-9-14(16(20)11-12)15(19)7-4-10-18-13-5-2-1-3-6-13/h8-9,11,13,18,20H,1-7,10H2. The van der Waals surface area contributed by atoms with E-state index < -0.39 is 5.82 Å². The van der Waals surface area contributed by atoms with Crippen LogP contribution in [0.4, 0.5) is 4.39 Å². The van der Waals surface area contributed by atoms with Gasteiger partial charge in [-0.1, -0.05) is 19.3 Å². The average Bonchev–Trinajstić information content (AvgIpc) is 2.44. The molecule has 0 radical (unpaired) electrons. The molecule has 0 unspecified atom stereocenters. The van der Waals surface area contributed by atoms with E-state index in [1.54, 1.807) is 0 Å². The zero-order valence-corrected chi connectivity index (χ0v) is 11.7. The van der Waals surface area contributed by atoms with Gasteiger partial charge in [-0.3, -0.25) is 4.79 Å². The molecule has 3 nitrogen and oxygen atoms in total. The maximum atomic E-state index is 12.8. The number of carbonyl (C=O) groups is 1. The Morgan fingerprint density at radius 3 is 2.75 bits per heavy atom. The van der Waals surface area contributed by atoms with Crippen LogP contribution in [0.15, 0.2) is 18.2 Å². The smallest absolute Gasteiger partial charge is 0.166 e. The van der Waals surface area contributed by atoms with Crippen molar-refractivity contribution in [1.29, 1.82) is 0 Å². The van der Waals surface area contributed by atoms with E-state index in [1.165, 1.54) is 44.2 Å². The van der Waals surface area contributed by atoms with Gasteiger partial charge in [-0.25, -0.2) is 4.39 Å². The molecule has 0 spiro atoms. The predicted molar refractivity (Wildman–Crippen MR) is 76.5 cm³/mol. The Hall–Kier alpha value is -1.42. The number of carbonyl (C=O) groups excluding carboxylic acids is 1. The number of nitrogens with one attached hydrogen (secondary N) is 1. The van der Waals surface area contributed by atoms with Crippen molar-refractivity contribution in [3.05, 3.63) is 29.6 Å². The number of phenolic OH excluding ortho intramolecular Hbond substituents is 1. The summed E-state index contributed by atoms with van der Waals surface area (Å²) >= 11 is 0. The number of aromatic hydroxyl groups is 1. The fraction of sp³-hybridized carbons (Fsp3) is 0.562. The third kappa shape index (κ3) is 4.30. The molecule has 0 aromatic heterocycles. The molecule has 1 aliphatic rings. The highest BCUT2D eigenvalue weighted by Gasteiger charge is 2.14. The first-order valence-corrected chi connectivity index (χ1v) is 7.42. The molecule has 0 atom stereocenters. The van der Waals surface area contributed by atoms with Gasteiger partial charge < -0.3 is 10.4 Å². The molecule has 1 fully saturated rings. The van der Waals surface area contributed by atoms with Crippen LogP contribution in [0.25, 0.3) is 0 Å². The first kappa shape index (κ1) is 15.0. The van der Waals surface area contributed by atoms with E-state index in [1.807, 2.05) is 0 Å². The highest BCUT2D eigenvalue weighted by molar-refractivity contribution is 5.98. The normalized spacial score (nSPS) is 16.2. The number of Topliss-reactive ketones (excluding diaryl/α,β-unsaturated/α-hetero) is 1. The Labute approximate surface area is 119 Å². The van der Waals surface area contributed by atoms with Crippen LogP contribution in [-0.4, -0.2) is 23.5 Å². The molecular formula is C16H22FNO2. The maximum Gasteiger partial charge on any atom is 0.166 e. The van der Waals surface area contributed by atoms with Gasteiger partial charge in [0.1, 0.15) is 11.6 Å². The molecule has 0 aliphatic heterocycles. The minimum Gasteiger partial charge on any atom is -0.507 e. The largest absolute Gasteiger partial charge is 0.507 e. The summed E-state index contributed by atoms with van der Waals surface area (Å²) in [4.78, 5) is 11.9. The van der Waals surface area contributed by atoms with Crippen LogP contribution in [0.2, 0.25) is 0 Å². The average molecular weight is 279 g/mol. The summed E-state index contributed by atoms with van der Waals surface area (Å²) < 4.78 is 12.8. The van der Waals surface area contributed by atoms with Crippen LogP contribution >= 0.6 is 0 Å². The molecule has 1 aromatic carbocycles. The number of halogens is 1. The summed E-state index contributed by atoms with van der Waals surface area (Å²) in [6.45, 7) is 0.818. The maximum absolute atomic E-state index is 12.8. The van der Waals surface area contributed by atoms with Gasteiger partial charge in [0.15, 0.2) is 5.78 Å². The minimum atomic E-state index is -0.530. The van der Waals surface area contributed by atoms with E-state index in [-0.39, 0.29) is 17.1 Å². The molecule has 0 bridgehead atoms. The van der Waals surface area contributed by atoms with E-state index in [9.17, 15) is 14.3 Å². The monoisotopic (exact) mass is 279 g/mol. The summed E-state index contributed by atoms with van der Waals surface area (Å²) in [6, 6.07) is 4.13. The molecule has 110 valence electrons. The third-order valence-corrected chi connectivity index (χ3v) is 3.88. The Bertz CT molecular complexity index is 456. The van der Waals surface area contributed by atoms with Gasteiger partial charge in [0, 0.05) is 18.5 Å². The van der Waals surface area contributed by atoms with Crippen molar-refractivity contribution in [2.24, 2.45) is 0 Å². The minimum absolute atomic E-state index is 0.132. The van der Waals surface area contributed by atoms with E-state index in [0.29, 0.717) is 12.5 Å². The highest BCUT2D eigenvalue weighted by atomic mass is 19.1. The first-order chi connectivity index (χ1) is 9.66. The van der Waals surface area contributed by atoms with Gasteiger partial charge in [0.05, 0.1) is 5.56 Å². The summed E-state index contributed by atoms with van der Waals surface area (Å²) in [6.07, 6.45) is 7.49. The molecular weight excluding hydrogens is 257 g/mol. The summed E-state index contributed by atoms with van der Waals surface area (Å²) in [5, 5.41) is 13.0. The van der Waals surface area contributed by atoms with Gasteiger partial charge in [-0.15, -0.1) is 0 Å². The number of phenols is 1. The van der Waals surface area contributed by atoms with Crippen LogP contribution in [0, 0.1) is 5.82 Å². The Kier molecular flexibility index (Phi) is 5.53. The second-order valence-corrected chi connectivity index (χ2v) is 5.48. The van der Waals surface area contributed by atoms with Gasteiger partial charge in [-0.2, -0.15) is 0 Å². The molecule has 0 heterocycles. The fourth-order valence-corrected chi connectivity index (χ4v) is 2.74. The lowest BCUT2D eigenvalue weighted by Crippen LogP contribution is -2.31. The van der Waals surface area contributed by atoms with Crippen LogP contribution in [0.3, 0.4) is 0 Å². The number of hydrogen-bond acceptors (Lipinski definition) is 3. The fourth-order valence-electron chi connectivity index (χ4n) is 2.74. The van der Waals surface area contributed by atoms with Crippen molar-refractivity contribution in [2.45, 2.75) is 51.0 Å². The quantitative estimate of drug-likeness (QED) is 0.619. The number of benzene rings is 1. The van der Waals surface area contributed by atoms with Crippen LogP contribution in [-0.2, 0) is 0 Å². The van der Waals surface area contributed by atoms with Crippen molar-refractivity contribution in [1.82, 2.24) is 5.32 Å². The number of rotatable bonds is 6. The molecule has 1 aliphatic carbocycles. The van der Waals surface area contributed by atoms with Crippen molar-refractivity contribution in [3.63, 3.8) is 0 Å². The van der Waals surface area contributed by atoms with Crippen molar-refractivity contribution < 1.29 is 14.3 Å². The molecule has 2 N–H and O–H groups in total. The van der Waals surface area contributed by atoms with Crippen LogP contribution in [0.1, 0.15) is 55.3 Å². The Balaban J connectivity index is 1.72. The molecule has 20 heavy (non-hydrogen) atoms. The third-order valence-electron chi connectivity index (χ3n) is 3.88. The van der Waals surface area contributed by atoms with E-state index in [0.717, 1.165) is 19.0 Å². The first-order valence-electron chi connectivity index (χ1n) is 7.42. The Morgan fingerprint density at radius 2 is 2.05 bits per heavy atom. The molecule has 1 aromatic rings. The predicted octanol–water partition coefficient (Wildman–Crippen LogP) is 3.42. The topological polar surface area (TPSA) is 49.3 Å². The zero-order valence-electron chi connectivity index (χ0n) is 11.7. The van der Waals surface area contributed by atoms with Gasteiger partial charge in [-0.05, 0) is 37.9 Å². The van der Waals surface area contributed by atoms with Crippen molar-refractivity contribution in [2.75, 3.05) is 6.54 Å². The van der Waals surface area contributed by atoms with Crippen LogP contribution < -0.4 is 5.32 Å². The lowest BCUT2D eigenvalue weighted by Gasteiger charge is -2.22. The summed E-state index contributed by atoms with van der Waals surface area (Å²) in [5.41, 5.74) is 0.212. The molecule has 0 saturated heterocycles. The number of ketones is 1. The van der Waals surface area contributed by atoms with E-state index >= 15 is 0 Å². The second kappa shape index (κ2) is 7.39. The van der Waals surface area contributed by atoms with Gasteiger partial charge in [0.25, 0.3) is 0 Å².